The molecule has 126 valence electrons. The number of aromatic amines is 1. The molecule has 4 rings (SSSR count). The molecule has 0 saturated carbocycles. The third-order valence-corrected chi connectivity index (χ3v) is 5.32. The molecule has 4 heterocycles. The number of nitrogens with one attached hydrogen (secondary N) is 2. The lowest BCUT2D eigenvalue weighted by Crippen LogP contribution is -2.49. The maximum Gasteiger partial charge on any atom is 0.255 e. The SMILES string of the molecule is CNC(=O)[C@]12CCOC[C@H]1CN(C(=O)c1cnc3[nH]ccc3c1)C2. The van der Waals surface area contributed by atoms with E-state index < -0.39 is 5.41 Å². The van der Waals surface area contributed by atoms with Crippen LogP contribution in [0.2, 0.25) is 0 Å². The van der Waals surface area contributed by atoms with Gasteiger partial charge >= 0.3 is 0 Å². The molecule has 2 aliphatic rings. The van der Waals surface area contributed by atoms with Gasteiger partial charge in [-0.2, -0.15) is 0 Å². The maximum absolute atomic E-state index is 12.9. The van der Waals surface area contributed by atoms with Crippen molar-refractivity contribution in [3.8, 4) is 0 Å². The minimum absolute atomic E-state index is 0.00492. The second-order valence-electron chi connectivity index (χ2n) is 6.58. The first-order chi connectivity index (χ1) is 11.6. The molecule has 7 heteroatoms. The molecule has 2 N–H and O–H groups in total. The van der Waals surface area contributed by atoms with Crippen LogP contribution in [0, 0.1) is 11.3 Å². The predicted molar refractivity (Wildman–Crippen MR) is 87.4 cm³/mol. The number of aromatic nitrogens is 2. The summed E-state index contributed by atoms with van der Waals surface area (Å²) in [5, 5.41) is 3.67. The Morgan fingerprint density at radius 3 is 3.21 bits per heavy atom. The number of amides is 2. The Hall–Kier alpha value is -2.41. The standard InChI is InChI=1S/C17H20N4O3/c1-18-16(23)17-3-5-24-9-13(17)8-21(10-17)15(22)12-6-11-2-4-19-14(11)20-7-12/h2,4,6-7,13H,3,5,8-10H2,1H3,(H,18,23)(H,19,20)/t13-,17+/m1/s1. The summed E-state index contributed by atoms with van der Waals surface area (Å²) in [6.45, 7) is 2.05. The van der Waals surface area contributed by atoms with Gasteiger partial charge in [0, 0.05) is 50.4 Å². The molecule has 0 spiro atoms. The number of likely N-dealkylation sites (tertiary alicyclic amines) is 1. The highest BCUT2D eigenvalue weighted by molar-refractivity contribution is 5.98. The van der Waals surface area contributed by atoms with Gasteiger partial charge in [0.2, 0.25) is 5.91 Å². The van der Waals surface area contributed by atoms with Gasteiger partial charge < -0.3 is 19.9 Å². The molecular formula is C17H20N4O3. The monoisotopic (exact) mass is 328 g/mol. The fourth-order valence-electron chi connectivity index (χ4n) is 3.96. The summed E-state index contributed by atoms with van der Waals surface area (Å²) in [4.78, 5) is 34.5. The van der Waals surface area contributed by atoms with Gasteiger partial charge in [0.05, 0.1) is 17.6 Å². The van der Waals surface area contributed by atoms with Crippen molar-refractivity contribution in [2.24, 2.45) is 11.3 Å². The number of ether oxygens (including phenoxy) is 1. The normalized spacial score (nSPS) is 26.4. The molecule has 0 aliphatic carbocycles. The fraction of sp³-hybridized carbons (Fsp3) is 0.471. The molecule has 0 bridgehead atoms. The number of carbonyl (C=O) groups is 2. The van der Waals surface area contributed by atoms with E-state index in [1.165, 1.54) is 0 Å². The lowest BCUT2D eigenvalue weighted by Gasteiger charge is -2.36. The van der Waals surface area contributed by atoms with E-state index >= 15 is 0 Å². The van der Waals surface area contributed by atoms with Crippen LogP contribution in [0.25, 0.3) is 11.0 Å². The van der Waals surface area contributed by atoms with E-state index in [-0.39, 0.29) is 17.7 Å². The van der Waals surface area contributed by atoms with E-state index in [1.54, 1.807) is 24.3 Å². The van der Waals surface area contributed by atoms with Crippen LogP contribution in [0.3, 0.4) is 0 Å². The van der Waals surface area contributed by atoms with Gasteiger partial charge in [0.25, 0.3) is 5.91 Å². The number of carbonyl (C=O) groups excluding carboxylic acids is 2. The van der Waals surface area contributed by atoms with Crippen molar-refractivity contribution >= 4 is 22.8 Å². The number of hydrogen-bond donors (Lipinski definition) is 2. The third kappa shape index (κ3) is 2.19. The summed E-state index contributed by atoms with van der Waals surface area (Å²) in [7, 11) is 1.65. The van der Waals surface area contributed by atoms with Gasteiger partial charge in [-0.25, -0.2) is 4.98 Å². The number of rotatable bonds is 2. The van der Waals surface area contributed by atoms with Gasteiger partial charge in [0.1, 0.15) is 5.65 Å². The van der Waals surface area contributed by atoms with E-state index in [4.69, 9.17) is 4.74 Å². The summed E-state index contributed by atoms with van der Waals surface area (Å²) >= 11 is 0. The molecule has 2 aliphatic heterocycles. The van der Waals surface area contributed by atoms with E-state index in [2.05, 4.69) is 15.3 Å². The number of fused-ring (bicyclic) bond motifs is 2. The second-order valence-corrected chi connectivity index (χ2v) is 6.58. The first-order valence-corrected chi connectivity index (χ1v) is 8.16. The Morgan fingerprint density at radius 2 is 2.38 bits per heavy atom. The number of H-pyrrole nitrogens is 1. The van der Waals surface area contributed by atoms with Crippen molar-refractivity contribution in [1.82, 2.24) is 20.2 Å². The van der Waals surface area contributed by atoms with Crippen molar-refractivity contribution in [1.29, 1.82) is 0 Å². The smallest absolute Gasteiger partial charge is 0.255 e. The number of nitrogens with zero attached hydrogens (tertiary/aromatic N) is 2. The highest BCUT2D eigenvalue weighted by Gasteiger charge is 2.54. The highest BCUT2D eigenvalue weighted by atomic mass is 16.5. The average Bonchev–Trinajstić information content (AvgIpc) is 3.24. The Morgan fingerprint density at radius 1 is 1.50 bits per heavy atom. The van der Waals surface area contributed by atoms with Crippen LogP contribution >= 0.6 is 0 Å². The number of hydrogen-bond acceptors (Lipinski definition) is 4. The van der Waals surface area contributed by atoms with Gasteiger partial charge in [-0.1, -0.05) is 0 Å². The van der Waals surface area contributed by atoms with Crippen molar-refractivity contribution in [2.75, 3.05) is 33.4 Å². The Labute approximate surface area is 139 Å². The molecule has 2 saturated heterocycles. The van der Waals surface area contributed by atoms with E-state index in [0.717, 1.165) is 11.0 Å². The fourth-order valence-corrected chi connectivity index (χ4v) is 3.96. The minimum Gasteiger partial charge on any atom is -0.381 e. The van der Waals surface area contributed by atoms with Gasteiger partial charge in [0.15, 0.2) is 0 Å². The van der Waals surface area contributed by atoms with Gasteiger partial charge in [-0.05, 0) is 18.6 Å². The Kier molecular flexibility index (Phi) is 3.53. The van der Waals surface area contributed by atoms with E-state index in [1.807, 2.05) is 12.1 Å². The molecule has 0 aromatic carbocycles. The van der Waals surface area contributed by atoms with Crippen LogP contribution in [-0.4, -0.2) is 60.0 Å². The van der Waals surface area contributed by atoms with Crippen LogP contribution in [-0.2, 0) is 9.53 Å². The van der Waals surface area contributed by atoms with Gasteiger partial charge in [-0.3, -0.25) is 9.59 Å². The predicted octanol–water partition coefficient (Wildman–Crippen LogP) is 0.788. The first-order valence-electron chi connectivity index (χ1n) is 8.16. The summed E-state index contributed by atoms with van der Waals surface area (Å²) in [6, 6.07) is 3.73. The van der Waals surface area contributed by atoms with Crippen LogP contribution in [0.4, 0.5) is 0 Å². The Balaban J connectivity index is 1.62. The topological polar surface area (TPSA) is 87.3 Å². The molecule has 24 heavy (non-hydrogen) atoms. The lowest BCUT2D eigenvalue weighted by molar-refractivity contribution is -0.138. The highest BCUT2D eigenvalue weighted by Crippen LogP contribution is 2.42. The zero-order valence-corrected chi connectivity index (χ0v) is 13.5. The van der Waals surface area contributed by atoms with Gasteiger partial charge in [-0.15, -0.1) is 0 Å². The van der Waals surface area contributed by atoms with Crippen LogP contribution in [0.15, 0.2) is 24.5 Å². The lowest BCUT2D eigenvalue weighted by atomic mass is 9.73. The molecule has 0 unspecified atom stereocenters. The van der Waals surface area contributed by atoms with Crippen LogP contribution in [0.1, 0.15) is 16.8 Å². The minimum atomic E-state index is -0.533. The maximum atomic E-state index is 12.9. The quantitative estimate of drug-likeness (QED) is 0.853. The molecule has 2 fully saturated rings. The molecular weight excluding hydrogens is 308 g/mol. The second kappa shape index (κ2) is 5.59. The molecule has 2 aromatic rings. The van der Waals surface area contributed by atoms with Crippen LogP contribution < -0.4 is 5.32 Å². The van der Waals surface area contributed by atoms with Crippen molar-refractivity contribution in [3.05, 3.63) is 30.1 Å². The van der Waals surface area contributed by atoms with Crippen molar-refractivity contribution in [2.45, 2.75) is 6.42 Å². The zero-order chi connectivity index (χ0) is 16.7. The average molecular weight is 328 g/mol. The Bertz CT molecular complexity index is 802. The van der Waals surface area contributed by atoms with E-state index in [9.17, 15) is 9.59 Å². The molecule has 7 nitrogen and oxygen atoms in total. The van der Waals surface area contributed by atoms with Crippen molar-refractivity contribution < 1.29 is 14.3 Å². The molecule has 0 radical (unpaired) electrons. The summed E-state index contributed by atoms with van der Waals surface area (Å²) in [5.74, 6) is -0.0345. The van der Waals surface area contributed by atoms with E-state index in [0.29, 0.717) is 38.3 Å². The molecule has 2 atom stereocenters. The van der Waals surface area contributed by atoms with Crippen LogP contribution in [0.5, 0.6) is 0 Å². The van der Waals surface area contributed by atoms with Crippen molar-refractivity contribution in [3.63, 3.8) is 0 Å². The molecule has 2 amide bonds. The first kappa shape index (κ1) is 15.1. The largest absolute Gasteiger partial charge is 0.381 e. The summed E-state index contributed by atoms with van der Waals surface area (Å²) < 4.78 is 5.55. The summed E-state index contributed by atoms with van der Waals surface area (Å²) in [6.07, 6.45) is 4.04. The number of pyridine rings is 1. The third-order valence-electron chi connectivity index (χ3n) is 5.32. The summed E-state index contributed by atoms with van der Waals surface area (Å²) in [5.41, 5.74) is 0.777. The zero-order valence-electron chi connectivity index (χ0n) is 13.5. The molecule has 2 aromatic heterocycles.